The van der Waals surface area contributed by atoms with Gasteiger partial charge in [-0.05, 0) is 36.8 Å². The molecule has 0 aliphatic rings. The van der Waals surface area contributed by atoms with E-state index in [9.17, 15) is 5.11 Å². The standard InChI is InChI=1S/C10H9Cl2N3OS/c1-5-2-7(12)8(3-6(5)11)15-9(4-16)13-14-10(15)17/h2-3,16H,4H2,1H3,(H,14,17). The summed E-state index contributed by atoms with van der Waals surface area (Å²) in [6.45, 7) is 1.62. The SMILES string of the molecule is Cc1cc(Cl)c(-n2c(CO)n[nH]c2=S)cc1Cl. The topological polar surface area (TPSA) is 53.8 Å². The van der Waals surface area contributed by atoms with E-state index in [1.54, 1.807) is 16.7 Å². The molecule has 7 heteroatoms. The van der Waals surface area contributed by atoms with Gasteiger partial charge in [0.15, 0.2) is 10.6 Å². The molecule has 1 aromatic heterocycles. The van der Waals surface area contributed by atoms with Crippen molar-refractivity contribution in [2.24, 2.45) is 0 Å². The number of aryl methyl sites for hydroxylation is 1. The summed E-state index contributed by atoms with van der Waals surface area (Å²) in [5, 5.41) is 16.8. The highest BCUT2D eigenvalue weighted by Crippen LogP contribution is 2.28. The molecular formula is C10H9Cl2N3OS. The van der Waals surface area contributed by atoms with Crippen LogP contribution in [0.2, 0.25) is 10.0 Å². The first kappa shape index (κ1) is 12.6. The van der Waals surface area contributed by atoms with Crippen LogP contribution in [0.15, 0.2) is 12.1 Å². The average Bonchev–Trinajstić information content (AvgIpc) is 2.65. The van der Waals surface area contributed by atoms with Gasteiger partial charge in [-0.25, -0.2) is 0 Å². The van der Waals surface area contributed by atoms with E-state index >= 15 is 0 Å². The Hall–Kier alpha value is -0.880. The maximum Gasteiger partial charge on any atom is 0.199 e. The second kappa shape index (κ2) is 4.78. The molecule has 0 atom stereocenters. The molecule has 2 aromatic rings. The summed E-state index contributed by atoms with van der Waals surface area (Å²) in [5.41, 5.74) is 1.48. The van der Waals surface area contributed by atoms with Gasteiger partial charge in [0, 0.05) is 5.02 Å². The number of halogens is 2. The zero-order chi connectivity index (χ0) is 12.6. The molecule has 1 aromatic carbocycles. The fraction of sp³-hybridized carbons (Fsp3) is 0.200. The van der Waals surface area contributed by atoms with Crippen molar-refractivity contribution in [2.45, 2.75) is 13.5 Å². The molecule has 0 bridgehead atoms. The van der Waals surface area contributed by atoms with Crippen LogP contribution in [0.25, 0.3) is 5.69 Å². The van der Waals surface area contributed by atoms with Crippen molar-refractivity contribution in [3.8, 4) is 5.69 Å². The van der Waals surface area contributed by atoms with Crippen molar-refractivity contribution in [1.29, 1.82) is 0 Å². The average molecular weight is 290 g/mol. The molecule has 90 valence electrons. The van der Waals surface area contributed by atoms with Crippen molar-refractivity contribution in [3.63, 3.8) is 0 Å². The van der Waals surface area contributed by atoms with Gasteiger partial charge in [0.25, 0.3) is 0 Å². The lowest BCUT2D eigenvalue weighted by molar-refractivity contribution is 0.269. The van der Waals surface area contributed by atoms with Gasteiger partial charge in [-0.3, -0.25) is 9.67 Å². The maximum absolute atomic E-state index is 9.18. The number of hydrogen-bond donors (Lipinski definition) is 2. The fourth-order valence-corrected chi connectivity index (χ4v) is 2.20. The van der Waals surface area contributed by atoms with E-state index < -0.39 is 0 Å². The third-order valence-corrected chi connectivity index (χ3v) is 3.34. The molecule has 2 rings (SSSR count). The number of benzene rings is 1. The molecule has 1 heterocycles. The Bertz CT molecular complexity index is 620. The van der Waals surface area contributed by atoms with Crippen LogP contribution in [0.1, 0.15) is 11.4 Å². The minimum atomic E-state index is -0.241. The fourth-order valence-electron chi connectivity index (χ4n) is 1.49. The Morgan fingerprint density at radius 1 is 1.41 bits per heavy atom. The van der Waals surface area contributed by atoms with Gasteiger partial charge in [0.05, 0.1) is 10.7 Å². The van der Waals surface area contributed by atoms with Gasteiger partial charge in [-0.15, -0.1) is 0 Å². The number of aromatic nitrogens is 3. The molecule has 0 saturated carbocycles. The third kappa shape index (κ3) is 2.24. The van der Waals surface area contributed by atoms with Crippen LogP contribution < -0.4 is 0 Å². The Balaban J connectivity index is 2.72. The van der Waals surface area contributed by atoms with Gasteiger partial charge in [-0.1, -0.05) is 23.2 Å². The number of rotatable bonds is 2. The van der Waals surface area contributed by atoms with Gasteiger partial charge < -0.3 is 5.11 Å². The van der Waals surface area contributed by atoms with Crippen LogP contribution in [-0.4, -0.2) is 19.9 Å². The molecule has 4 nitrogen and oxygen atoms in total. The second-order valence-corrected chi connectivity index (χ2v) is 4.69. The van der Waals surface area contributed by atoms with Crippen LogP contribution >= 0.6 is 35.4 Å². The summed E-state index contributed by atoms with van der Waals surface area (Å²) in [6, 6.07) is 3.44. The number of hydrogen-bond acceptors (Lipinski definition) is 3. The van der Waals surface area contributed by atoms with Crippen molar-refractivity contribution >= 4 is 35.4 Å². The first-order valence-electron chi connectivity index (χ1n) is 4.77. The molecular weight excluding hydrogens is 281 g/mol. The lowest BCUT2D eigenvalue weighted by atomic mass is 10.2. The summed E-state index contributed by atoms with van der Waals surface area (Å²) < 4.78 is 1.92. The van der Waals surface area contributed by atoms with Crippen molar-refractivity contribution in [1.82, 2.24) is 14.8 Å². The van der Waals surface area contributed by atoms with Crippen LogP contribution in [0.4, 0.5) is 0 Å². The Labute approximate surface area is 113 Å². The summed E-state index contributed by atoms with van der Waals surface area (Å²) in [7, 11) is 0. The summed E-state index contributed by atoms with van der Waals surface area (Å²) in [5.74, 6) is 0.386. The lowest BCUT2D eigenvalue weighted by Crippen LogP contribution is -2.02. The van der Waals surface area contributed by atoms with Gasteiger partial charge in [-0.2, -0.15) is 5.10 Å². The number of nitrogens with zero attached hydrogens (tertiary/aromatic N) is 2. The van der Waals surface area contributed by atoms with Gasteiger partial charge >= 0.3 is 0 Å². The highest BCUT2D eigenvalue weighted by molar-refractivity contribution is 7.71. The Morgan fingerprint density at radius 2 is 2.12 bits per heavy atom. The number of H-pyrrole nitrogens is 1. The third-order valence-electron chi connectivity index (χ3n) is 2.35. The molecule has 0 fully saturated rings. The number of aliphatic hydroxyl groups excluding tert-OH is 1. The van der Waals surface area contributed by atoms with Gasteiger partial charge in [0.1, 0.15) is 6.61 Å². The highest BCUT2D eigenvalue weighted by Gasteiger charge is 2.12. The van der Waals surface area contributed by atoms with Crippen molar-refractivity contribution in [2.75, 3.05) is 0 Å². The van der Waals surface area contributed by atoms with Crippen LogP contribution in [0, 0.1) is 11.7 Å². The number of aromatic amines is 1. The smallest absolute Gasteiger partial charge is 0.199 e. The van der Waals surface area contributed by atoms with Gasteiger partial charge in [0.2, 0.25) is 0 Å². The normalized spacial score (nSPS) is 10.8. The minimum Gasteiger partial charge on any atom is -0.388 e. The summed E-state index contributed by atoms with van der Waals surface area (Å²) in [6.07, 6.45) is 0. The van der Waals surface area contributed by atoms with Crippen molar-refractivity contribution in [3.05, 3.63) is 38.3 Å². The molecule has 0 unspecified atom stereocenters. The Morgan fingerprint density at radius 3 is 2.76 bits per heavy atom. The largest absolute Gasteiger partial charge is 0.388 e. The van der Waals surface area contributed by atoms with E-state index in [2.05, 4.69) is 10.2 Å². The highest BCUT2D eigenvalue weighted by atomic mass is 35.5. The molecule has 0 saturated heterocycles. The molecule has 0 aliphatic heterocycles. The molecule has 0 radical (unpaired) electrons. The lowest BCUT2D eigenvalue weighted by Gasteiger charge is -2.09. The van der Waals surface area contributed by atoms with Crippen molar-refractivity contribution < 1.29 is 5.11 Å². The predicted molar refractivity (Wildman–Crippen MR) is 69.4 cm³/mol. The van der Waals surface area contributed by atoms with E-state index in [4.69, 9.17) is 35.4 Å². The summed E-state index contributed by atoms with van der Waals surface area (Å²) in [4.78, 5) is 0. The van der Waals surface area contributed by atoms with E-state index in [0.717, 1.165) is 5.56 Å². The van der Waals surface area contributed by atoms with Crippen LogP contribution in [0.5, 0.6) is 0 Å². The molecule has 17 heavy (non-hydrogen) atoms. The van der Waals surface area contributed by atoms with E-state index in [1.807, 2.05) is 6.92 Å². The minimum absolute atomic E-state index is 0.241. The Kier molecular flexibility index (Phi) is 3.53. The number of nitrogens with one attached hydrogen (secondary N) is 1. The quantitative estimate of drug-likeness (QED) is 0.836. The first-order valence-corrected chi connectivity index (χ1v) is 5.94. The van der Waals surface area contributed by atoms with E-state index in [0.29, 0.717) is 26.3 Å². The maximum atomic E-state index is 9.18. The zero-order valence-corrected chi connectivity index (χ0v) is 11.2. The molecule has 0 amide bonds. The zero-order valence-electron chi connectivity index (χ0n) is 8.87. The first-order chi connectivity index (χ1) is 8.04. The van der Waals surface area contributed by atoms with E-state index in [-0.39, 0.29) is 6.61 Å². The summed E-state index contributed by atoms with van der Waals surface area (Å²) >= 11 is 17.3. The van der Waals surface area contributed by atoms with E-state index in [1.165, 1.54) is 0 Å². The molecule has 0 aliphatic carbocycles. The van der Waals surface area contributed by atoms with Crippen LogP contribution in [-0.2, 0) is 6.61 Å². The molecule has 2 N–H and O–H groups in total. The molecule has 0 spiro atoms. The number of aliphatic hydroxyl groups is 1. The monoisotopic (exact) mass is 289 g/mol. The second-order valence-electron chi connectivity index (χ2n) is 3.49. The predicted octanol–water partition coefficient (Wildman–Crippen LogP) is 3.04. The van der Waals surface area contributed by atoms with Crippen LogP contribution in [0.3, 0.4) is 0 Å².